The molecule has 5 heteroatoms. The minimum absolute atomic E-state index is 0.223. The van der Waals surface area contributed by atoms with Crippen molar-refractivity contribution in [1.82, 2.24) is 4.57 Å². The quantitative estimate of drug-likeness (QED) is 0.304. The van der Waals surface area contributed by atoms with Crippen LogP contribution in [0.3, 0.4) is 0 Å². The fourth-order valence-electron chi connectivity index (χ4n) is 4.54. The number of aromatic nitrogens is 1. The molecular weight excluding hydrogens is 390 g/mol. The zero-order valence-electron chi connectivity index (χ0n) is 17.0. The third-order valence-corrected chi connectivity index (χ3v) is 5.97. The largest absolute Gasteiger partial charge is 0.485 e. The summed E-state index contributed by atoms with van der Waals surface area (Å²) in [5.41, 5.74) is 0.994. The number of esters is 1. The molecule has 0 amide bonds. The van der Waals surface area contributed by atoms with Crippen LogP contribution in [-0.4, -0.2) is 30.4 Å². The molecule has 0 unspecified atom stereocenters. The molecule has 5 nitrogen and oxygen atoms in total. The number of carbonyl (C=O) groups excluding carboxylic acids is 1. The van der Waals surface area contributed by atoms with E-state index in [9.17, 15) is 4.79 Å². The summed E-state index contributed by atoms with van der Waals surface area (Å²) in [5.74, 6) is 1.26. The maximum atomic E-state index is 12.6. The molecule has 0 fully saturated rings. The van der Waals surface area contributed by atoms with Gasteiger partial charge in [0.05, 0.1) is 25.4 Å². The van der Waals surface area contributed by atoms with Crippen molar-refractivity contribution in [2.24, 2.45) is 0 Å². The minimum atomic E-state index is -0.223. The third-order valence-electron chi connectivity index (χ3n) is 5.97. The van der Waals surface area contributed by atoms with Crippen LogP contribution in [0.15, 0.2) is 67.0 Å². The molecule has 154 valence electrons. The lowest BCUT2D eigenvalue weighted by molar-refractivity contribution is -0.143. The molecule has 0 atom stereocenters. The van der Waals surface area contributed by atoms with Gasteiger partial charge in [0.25, 0.3) is 0 Å². The first-order valence-corrected chi connectivity index (χ1v) is 10.5. The van der Waals surface area contributed by atoms with E-state index < -0.39 is 0 Å². The van der Waals surface area contributed by atoms with Crippen LogP contribution in [0.25, 0.3) is 32.3 Å². The fourth-order valence-corrected chi connectivity index (χ4v) is 4.54. The van der Waals surface area contributed by atoms with Crippen molar-refractivity contribution in [3.63, 3.8) is 0 Å². The Hall–Kier alpha value is -3.73. The second-order valence-electron chi connectivity index (χ2n) is 7.90. The standard InChI is InChI=1S/C26H21NO4/c28-24(31-11-10-27-15-22-23(16-27)30-13-12-29-22)14-20-7-6-19-5-4-17-2-1-3-18-8-9-21(20)26(19)25(17)18/h1-9,15-16H,10-14H2. The average Bonchev–Trinajstić information content (AvgIpc) is 3.21. The maximum Gasteiger partial charge on any atom is 0.310 e. The van der Waals surface area contributed by atoms with Gasteiger partial charge in [0.2, 0.25) is 0 Å². The SMILES string of the molecule is O=C(Cc1ccc2ccc3cccc4ccc1c2c34)OCCn1cc2c(c1)OCCO2. The molecule has 0 spiro atoms. The topological polar surface area (TPSA) is 49.7 Å². The van der Waals surface area contributed by atoms with Gasteiger partial charge in [0, 0.05) is 0 Å². The van der Waals surface area contributed by atoms with Gasteiger partial charge in [-0.3, -0.25) is 4.79 Å². The van der Waals surface area contributed by atoms with Crippen LogP contribution in [0.2, 0.25) is 0 Å². The predicted octanol–water partition coefficient (Wildman–Crippen LogP) is 4.94. The van der Waals surface area contributed by atoms with Gasteiger partial charge in [-0.1, -0.05) is 54.6 Å². The molecule has 1 aromatic heterocycles. The minimum Gasteiger partial charge on any atom is -0.485 e. The van der Waals surface area contributed by atoms with E-state index in [1.54, 1.807) is 0 Å². The molecule has 4 aromatic carbocycles. The molecule has 0 bridgehead atoms. The third kappa shape index (κ3) is 3.13. The summed E-state index contributed by atoms with van der Waals surface area (Å²) in [6.45, 7) is 1.98. The Kier molecular flexibility index (Phi) is 4.20. The summed E-state index contributed by atoms with van der Waals surface area (Å²) in [5, 5.41) is 7.23. The van der Waals surface area contributed by atoms with Gasteiger partial charge < -0.3 is 18.8 Å². The van der Waals surface area contributed by atoms with Crippen LogP contribution < -0.4 is 9.47 Å². The highest BCUT2D eigenvalue weighted by Gasteiger charge is 2.15. The van der Waals surface area contributed by atoms with Crippen molar-refractivity contribution in [2.75, 3.05) is 19.8 Å². The summed E-state index contributed by atoms with van der Waals surface area (Å²) >= 11 is 0. The Bertz CT molecular complexity index is 1380. The molecule has 6 rings (SSSR count). The summed E-state index contributed by atoms with van der Waals surface area (Å²) < 4.78 is 18.6. The van der Waals surface area contributed by atoms with Crippen LogP contribution in [-0.2, 0) is 22.5 Å². The van der Waals surface area contributed by atoms with E-state index in [1.165, 1.54) is 26.9 Å². The lowest BCUT2D eigenvalue weighted by Gasteiger charge is -2.13. The fraction of sp³-hybridized carbons (Fsp3) is 0.192. The summed E-state index contributed by atoms with van der Waals surface area (Å²) in [6, 6.07) is 19.1. The summed E-state index contributed by atoms with van der Waals surface area (Å²) in [6.07, 6.45) is 4.01. The molecule has 1 aliphatic heterocycles. The molecule has 0 radical (unpaired) electrons. The van der Waals surface area contributed by atoms with Crippen LogP contribution >= 0.6 is 0 Å². The van der Waals surface area contributed by atoms with Crippen LogP contribution in [0.4, 0.5) is 0 Å². The van der Waals surface area contributed by atoms with Crippen molar-refractivity contribution in [2.45, 2.75) is 13.0 Å². The van der Waals surface area contributed by atoms with Gasteiger partial charge in [0.1, 0.15) is 19.8 Å². The number of carbonyl (C=O) groups is 1. The normalized spacial score (nSPS) is 13.3. The average molecular weight is 411 g/mol. The second-order valence-corrected chi connectivity index (χ2v) is 7.90. The first-order chi connectivity index (χ1) is 15.3. The second kappa shape index (κ2) is 7.20. The first-order valence-electron chi connectivity index (χ1n) is 10.5. The summed E-state index contributed by atoms with van der Waals surface area (Å²) in [7, 11) is 0. The molecule has 1 aliphatic rings. The highest BCUT2D eigenvalue weighted by molar-refractivity contribution is 6.23. The smallest absolute Gasteiger partial charge is 0.310 e. The number of ether oxygens (including phenoxy) is 3. The van der Waals surface area contributed by atoms with Crippen molar-refractivity contribution in [3.05, 3.63) is 72.6 Å². The van der Waals surface area contributed by atoms with E-state index in [1.807, 2.05) is 23.0 Å². The molecule has 2 heterocycles. The van der Waals surface area contributed by atoms with Crippen LogP contribution in [0.1, 0.15) is 5.56 Å². The van der Waals surface area contributed by atoms with Gasteiger partial charge in [-0.25, -0.2) is 0 Å². The zero-order chi connectivity index (χ0) is 20.8. The molecule has 5 aromatic rings. The van der Waals surface area contributed by atoms with Gasteiger partial charge in [-0.2, -0.15) is 0 Å². The van der Waals surface area contributed by atoms with Crippen molar-refractivity contribution in [1.29, 1.82) is 0 Å². The van der Waals surface area contributed by atoms with E-state index in [0.717, 1.165) is 22.4 Å². The van der Waals surface area contributed by atoms with E-state index in [-0.39, 0.29) is 12.4 Å². The van der Waals surface area contributed by atoms with E-state index in [4.69, 9.17) is 14.2 Å². The Morgan fingerprint density at radius 1 is 0.839 bits per heavy atom. The molecule has 0 saturated carbocycles. The molecule has 0 saturated heterocycles. The van der Waals surface area contributed by atoms with Crippen molar-refractivity contribution >= 4 is 38.3 Å². The Morgan fingerprint density at radius 3 is 2.23 bits per heavy atom. The predicted molar refractivity (Wildman–Crippen MR) is 120 cm³/mol. The summed E-state index contributed by atoms with van der Waals surface area (Å²) in [4.78, 5) is 12.6. The highest BCUT2D eigenvalue weighted by Crippen LogP contribution is 2.36. The van der Waals surface area contributed by atoms with Crippen LogP contribution in [0.5, 0.6) is 11.5 Å². The van der Waals surface area contributed by atoms with Crippen molar-refractivity contribution < 1.29 is 19.0 Å². The van der Waals surface area contributed by atoms with Gasteiger partial charge in [0.15, 0.2) is 11.5 Å². The highest BCUT2D eigenvalue weighted by atomic mass is 16.6. The van der Waals surface area contributed by atoms with E-state index in [2.05, 4.69) is 48.5 Å². The Labute approximate surface area is 179 Å². The number of hydrogen-bond donors (Lipinski definition) is 0. The van der Waals surface area contributed by atoms with Crippen LogP contribution in [0, 0.1) is 0 Å². The van der Waals surface area contributed by atoms with Gasteiger partial charge in [-0.15, -0.1) is 0 Å². The van der Waals surface area contributed by atoms with Crippen molar-refractivity contribution in [3.8, 4) is 11.5 Å². The molecule has 0 aliphatic carbocycles. The lowest BCUT2D eigenvalue weighted by atomic mass is 9.91. The zero-order valence-corrected chi connectivity index (χ0v) is 17.0. The van der Waals surface area contributed by atoms with E-state index in [0.29, 0.717) is 26.4 Å². The van der Waals surface area contributed by atoms with E-state index >= 15 is 0 Å². The number of rotatable bonds is 5. The number of benzene rings is 4. The maximum absolute atomic E-state index is 12.6. The first kappa shape index (κ1) is 18.1. The lowest BCUT2D eigenvalue weighted by Crippen LogP contribution is -2.13. The molecule has 0 N–H and O–H groups in total. The van der Waals surface area contributed by atoms with Gasteiger partial charge >= 0.3 is 5.97 Å². The number of fused-ring (bicyclic) bond motifs is 1. The number of hydrogen-bond acceptors (Lipinski definition) is 4. The number of nitrogens with zero attached hydrogens (tertiary/aromatic N) is 1. The monoisotopic (exact) mass is 411 g/mol. The Balaban J connectivity index is 1.20. The Morgan fingerprint density at radius 2 is 1.48 bits per heavy atom. The van der Waals surface area contributed by atoms with Gasteiger partial charge in [-0.05, 0) is 37.9 Å². The molecule has 31 heavy (non-hydrogen) atoms. The molecular formula is C26H21NO4.